The zero-order valence-electron chi connectivity index (χ0n) is 50.7. The van der Waals surface area contributed by atoms with Gasteiger partial charge in [-0.2, -0.15) is 0 Å². The maximum Gasteiger partial charge on any atom is 0.407 e. The Bertz CT molecular complexity index is 3710. The van der Waals surface area contributed by atoms with Gasteiger partial charge >= 0.3 is 35.3 Å². The van der Waals surface area contributed by atoms with E-state index in [-0.39, 0.29) is 45.0 Å². The minimum absolute atomic E-state index is 0.122. The van der Waals surface area contributed by atoms with Crippen LogP contribution in [-0.4, -0.2) is 69.8 Å². The molecule has 462 valence electrons. The van der Waals surface area contributed by atoms with E-state index in [4.69, 9.17) is 14.2 Å². The summed E-state index contributed by atoms with van der Waals surface area (Å²) in [6.45, 7) is 9.26. The summed E-state index contributed by atoms with van der Waals surface area (Å²) in [7, 11) is 0. The molecule has 0 aliphatic rings. The minimum atomic E-state index is -0.833. The van der Waals surface area contributed by atoms with E-state index in [2.05, 4.69) is 63.9 Å². The number of hydrogen-bond donors (Lipinski definition) is 3. The fourth-order valence-electron chi connectivity index (χ4n) is 8.96. The van der Waals surface area contributed by atoms with Crippen molar-refractivity contribution in [1.82, 2.24) is 29.7 Å². The van der Waals surface area contributed by atoms with Crippen molar-refractivity contribution in [1.29, 1.82) is 0 Å². The van der Waals surface area contributed by atoms with Crippen LogP contribution >= 0.6 is 0 Å². The summed E-state index contributed by atoms with van der Waals surface area (Å²) in [5, 5.41) is 8.30. The Morgan fingerprint density at radius 3 is 0.955 bits per heavy atom. The van der Waals surface area contributed by atoms with E-state index in [1.807, 2.05) is 118 Å². The molecule has 0 radical (unpaired) electrons. The highest BCUT2D eigenvalue weighted by molar-refractivity contribution is 5.68. The van der Waals surface area contributed by atoms with E-state index in [9.17, 15) is 28.8 Å². The first-order valence-electron chi connectivity index (χ1n) is 29.9. The Hall–Kier alpha value is -10.3. The number of benzene rings is 6. The number of hydrogen-bond acceptors (Lipinski definition) is 15. The smallest absolute Gasteiger partial charge is 0.407 e. The highest BCUT2D eigenvalue weighted by Gasteiger charge is 2.19. The quantitative estimate of drug-likeness (QED) is 0.0206. The first-order valence-corrected chi connectivity index (χ1v) is 29.9. The summed E-state index contributed by atoms with van der Waals surface area (Å²) < 4.78 is 18.6. The molecule has 3 amide bonds. The lowest BCUT2D eigenvalue weighted by atomic mass is 10.1. The number of nitrogens with zero attached hydrogens (tertiary/aromatic N) is 9. The maximum atomic E-state index is 14.6. The van der Waals surface area contributed by atoms with Crippen molar-refractivity contribution in [3.8, 4) is 5.69 Å². The van der Waals surface area contributed by atoms with Crippen LogP contribution in [0.2, 0.25) is 0 Å². The summed E-state index contributed by atoms with van der Waals surface area (Å²) in [6.07, 6.45) is 3.82. The molecule has 0 aliphatic carbocycles. The van der Waals surface area contributed by atoms with E-state index >= 15 is 0 Å². The number of amides is 3. The molecule has 0 spiro atoms. The second kappa shape index (κ2) is 36.6. The fourth-order valence-corrected chi connectivity index (χ4v) is 8.96. The van der Waals surface area contributed by atoms with Gasteiger partial charge in [0.1, 0.15) is 0 Å². The SMILES string of the molecule is CCCCOC(=O)NCc1cccc(CN=C=NCc2cccc(Cn3c(=O)n(Cc4cccc(CN=C=NCc5cccc(CNC(=O)OCCCC)c5)c4)c(=O)n(-c4cccc(CN=C=NCc5cccc(CNC(=O)OCCCC)c5)c4)c3=O)c2)c1. The molecular weight excluding hydrogens is 1130 g/mol. The molecular formula is C68H76N12O9. The van der Waals surface area contributed by atoms with Gasteiger partial charge in [0, 0.05) is 19.6 Å². The Morgan fingerprint density at radius 2 is 0.640 bits per heavy atom. The van der Waals surface area contributed by atoms with Crippen molar-refractivity contribution in [3.63, 3.8) is 0 Å². The number of carbonyl (C=O) groups is 3. The largest absolute Gasteiger partial charge is 0.450 e. The topological polar surface area (TPSA) is 255 Å². The van der Waals surface area contributed by atoms with Crippen LogP contribution < -0.4 is 33.0 Å². The Kier molecular flexibility index (Phi) is 27.2. The lowest BCUT2D eigenvalue weighted by Crippen LogP contribution is -2.54. The van der Waals surface area contributed by atoms with E-state index in [0.717, 1.165) is 96.7 Å². The summed E-state index contributed by atoms with van der Waals surface area (Å²) in [5.74, 6) is 0. The fraction of sp³-hybridized carbons (Fsp3) is 0.338. The average Bonchev–Trinajstić information content (AvgIpc) is 1.06. The molecule has 3 N–H and O–H groups in total. The predicted octanol–water partition coefficient (Wildman–Crippen LogP) is 11.0. The summed E-state index contributed by atoms with van der Waals surface area (Å²) >= 11 is 0. The molecule has 21 heteroatoms. The second-order valence-electron chi connectivity index (χ2n) is 20.9. The second-order valence-corrected chi connectivity index (χ2v) is 20.9. The number of ether oxygens (including phenoxy) is 3. The standard InChI is InChI=1S/C68H76N12O9/c1-4-7-28-87-63(81)75-43-56-21-10-16-51(31-56)37-69-48-72-40-54-19-13-25-60(34-54)46-78-66(84)79(47-61-26-14-20-55(35-61)41-73-49-70-38-52-17-11-22-57(32-52)44-76-64(82)88-29-8-5-2)68(86)80(67(78)85)62-27-15-24-59(36-62)42-74-50-71-39-53-18-12-23-58(33-53)45-77-65(83)89-30-9-6-3/h10-27,31-36H,4-9,28-30,37-47H2,1-3H3,(H,75,81)(H,76,82)(H,77,83). The molecule has 7 rings (SSSR count). The summed E-state index contributed by atoms with van der Waals surface area (Å²) in [6, 6.07) is 52.7. The van der Waals surface area contributed by atoms with Gasteiger partial charge in [-0.15, -0.1) is 0 Å². The van der Waals surface area contributed by atoms with Crippen LogP contribution in [0.4, 0.5) is 14.4 Å². The highest BCUT2D eigenvalue weighted by Crippen LogP contribution is 2.14. The average molecular weight is 1210 g/mol. The first-order chi connectivity index (χ1) is 43.5. The molecule has 6 aromatic carbocycles. The normalized spacial score (nSPS) is 10.6. The minimum Gasteiger partial charge on any atom is -0.450 e. The van der Waals surface area contributed by atoms with Gasteiger partial charge in [0.25, 0.3) is 0 Å². The molecule has 0 aliphatic heterocycles. The Labute approximate surface area is 517 Å². The van der Waals surface area contributed by atoms with Crippen molar-refractivity contribution >= 4 is 36.3 Å². The van der Waals surface area contributed by atoms with Gasteiger partial charge in [0.2, 0.25) is 0 Å². The van der Waals surface area contributed by atoms with E-state index in [1.165, 1.54) is 0 Å². The lowest BCUT2D eigenvalue weighted by molar-refractivity contribution is 0.143. The van der Waals surface area contributed by atoms with Crippen molar-refractivity contribution in [2.45, 2.75) is 131 Å². The molecule has 0 atom stereocenters. The maximum absolute atomic E-state index is 14.6. The van der Waals surface area contributed by atoms with Crippen LogP contribution in [0.1, 0.15) is 120 Å². The molecule has 1 aromatic heterocycles. The molecule has 0 unspecified atom stereocenters. The molecule has 0 saturated heterocycles. The number of aliphatic imine (C=N–C) groups is 6. The van der Waals surface area contributed by atoms with E-state index < -0.39 is 35.3 Å². The number of alkyl carbamates (subject to hydrolysis) is 3. The molecule has 0 bridgehead atoms. The van der Waals surface area contributed by atoms with Crippen molar-refractivity contribution in [2.24, 2.45) is 30.0 Å². The van der Waals surface area contributed by atoms with E-state index in [0.29, 0.717) is 69.2 Å². The Morgan fingerprint density at radius 1 is 0.371 bits per heavy atom. The van der Waals surface area contributed by atoms with Gasteiger partial charge in [-0.05, 0) is 92.6 Å². The third kappa shape index (κ3) is 22.8. The van der Waals surface area contributed by atoms with Crippen LogP contribution in [0.25, 0.3) is 5.69 Å². The monoisotopic (exact) mass is 1200 g/mol. The molecule has 0 saturated carbocycles. The summed E-state index contributed by atoms with van der Waals surface area (Å²) in [4.78, 5) is 106. The van der Waals surface area contributed by atoms with Crippen LogP contribution in [0.5, 0.6) is 0 Å². The van der Waals surface area contributed by atoms with Gasteiger partial charge in [0.15, 0.2) is 0 Å². The Balaban J connectivity index is 1.07. The highest BCUT2D eigenvalue weighted by atomic mass is 16.6. The van der Waals surface area contributed by atoms with Crippen LogP contribution in [-0.2, 0) is 86.2 Å². The van der Waals surface area contributed by atoms with Gasteiger partial charge in [-0.3, -0.25) is 0 Å². The predicted molar refractivity (Wildman–Crippen MR) is 342 cm³/mol. The zero-order valence-corrected chi connectivity index (χ0v) is 50.7. The number of carbonyl (C=O) groups excluding carboxylic acids is 3. The number of nitrogens with one attached hydrogen (secondary N) is 3. The van der Waals surface area contributed by atoms with Crippen LogP contribution in [0, 0.1) is 0 Å². The molecule has 89 heavy (non-hydrogen) atoms. The number of unbranched alkanes of at least 4 members (excludes halogenated alkanes) is 3. The van der Waals surface area contributed by atoms with Crippen molar-refractivity contribution < 1.29 is 28.6 Å². The van der Waals surface area contributed by atoms with Gasteiger partial charge in [-0.1, -0.05) is 173 Å². The lowest BCUT2D eigenvalue weighted by Gasteiger charge is -2.15. The molecule has 0 fully saturated rings. The van der Waals surface area contributed by atoms with Crippen LogP contribution in [0.15, 0.2) is 190 Å². The van der Waals surface area contributed by atoms with Gasteiger partial charge in [0.05, 0.1) is 95.9 Å². The molecule has 7 aromatic rings. The first kappa shape index (κ1) is 66.2. The number of aromatic nitrogens is 3. The number of rotatable bonds is 32. The van der Waals surface area contributed by atoms with Gasteiger partial charge < -0.3 is 30.2 Å². The van der Waals surface area contributed by atoms with Crippen molar-refractivity contribution in [3.05, 3.63) is 238 Å². The molecule has 21 nitrogen and oxygen atoms in total. The zero-order chi connectivity index (χ0) is 62.8. The third-order valence-electron chi connectivity index (χ3n) is 13.6. The third-order valence-corrected chi connectivity index (χ3v) is 13.6. The van der Waals surface area contributed by atoms with Gasteiger partial charge in [-0.25, -0.2) is 72.4 Å². The van der Waals surface area contributed by atoms with E-state index in [1.54, 1.807) is 48.5 Å². The summed E-state index contributed by atoms with van der Waals surface area (Å²) in [5.41, 5.74) is 6.58. The molecule has 1 heterocycles. The van der Waals surface area contributed by atoms with Crippen LogP contribution in [0.3, 0.4) is 0 Å². The van der Waals surface area contributed by atoms with Crippen molar-refractivity contribution in [2.75, 3.05) is 19.8 Å².